The molecule has 1 aromatic heterocycles. The lowest BCUT2D eigenvalue weighted by Crippen LogP contribution is -2.62. The number of para-hydroxylation sites is 1. The number of fused-ring (bicyclic) bond motifs is 3. The number of ketones is 1. The van der Waals surface area contributed by atoms with E-state index in [2.05, 4.69) is 61.5 Å². The van der Waals surface area contributed by atoms with Crippen LogP contribution in [0.2, 0.25) is 0 Å². The van der Waals surface area contributed by atoms with Gasteiger partial charge in [0.1, 0.15) is 0 Å². The summed E-state index contributed by atoms with van der Waals surface area (Å²) in [6.45, 7) is 6.45. The van der Waals surface area contributed by atoms with Crippen molar-refractivity contribution in [3.8, 4) is 0 Å². The van der Waals surface area contributed by atoms with Crippen LogP contribution in [0.5, 0.6) is 0 Å². The van der Waals surface area contributed by atoms with Crippen molar-refractivity contribution >= 4 is 16.7 Å². The number of allylic oxidation sites excluding steroid dienone is 1. The van der Waals surface area contributed by atoms with Crippen LogP contribution in [0, 0.1) is 11.8 Å². The van der Waals surface area contributed by atoms with E-state index in [4.69, 9.17) is 0 Å². The average Bonchev–Trinajstić information content (AvgIpc) is 2.89. The van der Waals surface area contributed by atoms with Crippen LogP contribution in [0.1, 0.15) is 32.8 Å². The van der Waals surface area contributed by atoms with E-state index in [1.54, 1.807) is 0 Å². The molecule has 3 atom stereocenters. The molecule has 0 radical (unpaired) electrons. The fraction of sp³-hybridized carbons (Fsp3) is 0.450. The van der Waals surface area contributed by atoms with E-state index in [0.717, 1.165) is 12.8 Å². The minimum Gasteiger partial charge on any atom is -0.361 e. The van der Waals surface area contributed by atoms with Gasteiger partial charge in [0.15, 0.2) is 5.78 Å². The summed E-state index contributed by atoms with van der Waals surface area (Å²) in [4.78, 5) is 15.7. The van der Waals surface area contributed by atoms with Gasteiger partial charge in [0, 0.05) is 34.6 Å². The highest BCUT2D eigenvalue weighted by molar-refractivity contribution is 5.94. The molecule has 1 aliphatic carbocycles. The fourth-order valence-electron chi connectivity index (χ4n) is 4.53. The van der Waals surface area contributed by atoms with Crippen molar-refractivity contribution in [2.75, 3.05) is 0 Å². The number of benzene rings is 1. The van der Waals surface area contributed by atoms with Crippen LogP contribution in [-0.2, 0) is 11.2 Å². The largest absolute Gasteiger partial charge is 0.361 e. The smallest absolute Gasteiger partial charge is 0.160 e. The molecular formula is C20H24N2O. The molecule has 0 spiro atoms. The Labute approximate surface area is 137 Å². The van der Waals surface area contributed by atoms with Crippen molar-refractivity contribution in [2.24, 2.45) is 11.8 Å². The number of piperidine rings is 1. The molecule has 2 N–H and O–H groups in total. The highest BCUT2D eigenvalue weighted by Gasteiger charge is 2.47. The predicted molar refractivity (Wildman–Crippen MR) is 93.4 cm³/mol. The molecule has 4 rings (SSSR count). The van der Waals surface area contributed by atoms with Crippen LogP contribution in [0.4, 0.5) is 0 Å². The van der Waals surface area contributed by atoms with Gasteiger partial charge < -0.3 is 10.3 Å². The third kappa shape index (κ3) is 2.34. The maximum absolute atomic E-state index is 12.3. The molecule has 0 amide bonds. The molecule has 1 aliphatic heterocycles. The zero-order chi connectivity index (χ0) is 16.2. The summed E-state index contributed by atoms with van der Waals surface area (Å²) in [6.07, 6.45) is 6.00. The molecule has 1 saturated heterocycles. The molecule has 0 saturated carbocycles. The normalized spacial score (nSPS) is 29.6. The number of aromatic nitrogens is 1. The first-order valence-electron chi connectivity index (χ1n) is 8.50. The van der Waals surface area contributed by atoms with Crippen molar-refractivity contribution in [2.45, 2.75) is 45.2 Å². The Hall–Kier alpha value is -1.87. The highest BCUT2D eigenvalue weighted by Crippen LogP contribution is 2.41. The van der Waals surface area contributed by atoms with Crippen molar-refractivity contribution in [1.29, 1.82) is 0 Å². The zero-order valence-electron chi connectivity index (χ0n) is 14.0. The molecule has 23 heavy (non-hydrogen) atoms. The Balaban J connectivity index is 1.68. The van der Waals surface area contributed by atoms with Crippen LogP contribution in [0.25, 0.3) is 10.9 Å². The minimum absolute atomic E-state index is 0.107. The lowest BCUT2D eigenvalue weighted by Gasteiger charge is -2.49. The van der Waals surface area contributed by atoms with Crippen molar-refractivity contribution in [3.63, 3.8) is 0 Å². The molecule has 1 aromatic carbocycles. The van der Waals surface area contributed by atoms with Gasteiger partial charge in [0.25, 0.3) is 0 Å². The molecule has 1 fully saturated rings. The van der Waals surface area contributed by atoms with Crippen LogP contribution < -0.4 is 5.32 Å². The fourth-order valence-corrected chi connectivity index (χ4v) is 4.53. The van der Waals surface area contributed by atoms with E-state index in [-0.39, 0.29) is 11.5 Å². The summed E-state index contributed by atoms with van der Waals surface area (Å²) in [6, 6.07) is 8.85. The number of aromatic amines is 1. The lowest BCUT2D eigenvalue weighted by molar-refractivity contribution is -0.123. The predicted octanol–water partition coefficient (Wildman–Crippen LogP) is 3.61. The quantitative estimate of drug-likeness (QED) is 0.890. The number of carbonyl (C=O) groups excluding carboxylic acids is 1. The monoisotopic (exact) mass is 308 g/mol. The maximum atomic E-state index is 12.3. The standard InChI is InChI=1S/C20H24N2O/c1-12-8-19(23)16-10-15(12)18(22-20(16,2)3)9-13-11-21-17-7-5-4-6-14(13)17/h4-8,11,15-16,18,21-22H,9-10H2,1-3H3/t15-,16+,18+/m0/s1. The summed E-state index contributed by atoms with van der Waals surface area (Å²) in [7, 11) is 0. The van der Waals surface area contributed by atoms with Crippen LogP contribution in [0.15, 0.2) is 42.1 Å². The Kier molecular flexibility index (Phi) is 3.24. The lowest BCUT2D eigenvalue weighted by atomic mass is 9.65. The van der Waals surface area contributed by atoms with E-state index in [0.29, 0.717) is 17.7 Å². The number of hydrogen-bond donors (Lipinski definition) is 2. The number of rotatable bonds is 2. The molecule has 2 aliphatic rings. The summed E-state index contributed by atoms with van der Waals surface area (Å²) in [5, 5.41) is 5.09. The second kappa shape index (κ2) is 5.07. The first-order valence-corrected chi connectivity index (χ1v) is 8.50. The molecule has 0 unspecified atom stereocenters. The second-order valence-electron chi connectivity index (χ2n) is 7.72. The number of H-pyrrole nitrogens is 1. The van der Waals surface area contributed by atoms with Gasteiger partial charge in [-0.3, -0.25) is 4.79 Å². The van der Waals surface area contributed by atoms with E-state index in [9.17, 15) is 4.79 Å². The molecule has 120 valence electrons. The van der Waals surface area contributed by atoms with Crippen LogP contribution in [-0.4, -0.2) is 22.3 Å². The summed E-state index contributed by atoms with van der Waals surface area (Å²) in [5.74, 6) is 0.858. The SMILES string of the molecule is CC1=CC(=O)[C@H]2C[C@@H]1[C@@H](Cc1c[nH]c3ccccc13)NC2(C)C. The third-order valence-corrected chi connectivity index (χ3v) is 5.82. The molecule has 2 bridgehead atoms. The molecular weight excluding hydrogens is 284 g/mol. The molecule has 2 heterocycles. The van der Waals surface area contributed by atoms with Crippen molar-refractivity contribution in [1.82, 2.24) is 10.3 Å². The average molecular weight is 308 g/mol. The summed E-state index contributed by atoms with van der Waals surface area (Å²) in [5.41, 5.74) is 3.65. The van der Waals surface area contributed by atoms with Crippen LogP contribution in [0.3, 0.4) is 0 Å². The van der Waals surface area contributed by atoms with Crippen molar-refractivity contribution in [3.05, 3.63) is 47.7 Å². The maximum Gasteiger partial charge on any atom is 0.160 e. The van der Waals surface area contributed by atoms with Gasteiger partial charge in [0.2, 0.25) is 0 Å². The van der Waals surface area contributed by atoms with Gasteiger partial charge in [-0.2, -0.15) is 0 Å². The second-order valence-corrected chi connectivity index (χ2v) is 7.72. The molecule has 3 nitrogen and oxygen atoms in total. The van der Waals surface area contributed by atoms with E-state index in [1.807, 2.05) is 6.08 Å². The summed E-state index contributed by atoms with van der Waals surface area (Å²) < 4.78 is 0. The molecule has 2 aromatic rings. The number of nitrogens with one attached hydrogen (secondary N) is 2. The van der Waals surface area contributed by atoms with Gasteiger partial charge in [-0.15, -0.1) is 0 Å². The van der Waals surface area contributed by atoms with E-state index in [1.165, 1.54) is 22.0 Å². The van der Waals surface area contributed by atoms with E-state index < -0.39 is 0 Å². The van der Waals surface area contributed by atoms with Gasteiger partial charge in [-0.25, -0.2) is 0 Å². The Morgan fingerprint density at radius 3 is 2.87 bits per heavy atom. The first kappa shape index (κ1) is 14.7. The zero-order valence-corrected chi connectivity index (χ0v) is 14.0. The first-order chi connectivity index (χ1) is 11.0. The van der Waals surface area contributed by atoms with Gasteiger partial charge in [-0.05, 0) is 57.2 Å². The molecule has 3 heteroatoms. The third-order valence-electron chi connectivity index (χ3n) is 5.82. The summed E-state index contributed by atoms with van der Waals surface area (Å²) >= 11 is 0. The van der Waals surface area contributed by atoms with Crippen molar-refractivity contribution < 1.29 is 4.79 Å². The topological polar surface area (TPSA) is 44.9 Å². The Bertz CT molecular complexity index is 799. The van der Waals surface area contributed by atoms with Gasteiger partial charge in [-0.1, -0.05) is 23.8 Å². The minimum atomic E-state index is -0.137. The van der Waals surface area contributed by atoms with Crippen LogP contribution >= 0.6 is 0 Å². The van der Waals surface area contributed by atoms with Gasteiger partial charge >= 0.3 is 0 Å². The van der Waals surface area contributed by atoms with Gasteiger partial charge in [0.05, 0.1) is 0 Å². The number of hydrogen-bond acceptors (Lipinski definition) is 2. The highest BCUT2D eigenvalue weighted by atomic mass is 16.1. The Morgan fingerprint density at radius 1 is 1.26 bits per heavy atom. The van der Waals surface area contributed by atoms with E-state index >= 15 is 0 Å². The Morgan fingerprint density at radius 2 is 2.04 bits per heavy atom. The number of carbonyl (C=O) groups is 1.